The van der Waals surface area contributed by atoms with Gasteiger partial charge in [0.1, 0.15) is 17.2 Å². The number of imidazole rings is 2. The number of ether oxygens (including phenoxy) is 1. The van der Waals surface area contributed by atoms with Crippen molar-refractivity contribution in [2.24, 2.45) is 0 Å². The highest BCUT2D eigenvalue weighted by molar-refractivity contribution is 5.79. The molecule has 6 heterocycles. The molecule has 16 heteroatoms. The van der Waals surface area contributed by atoms with Gasteiger partial charge < -0.3 is 34.7 Å². The first kappa shape index (κ1) is 50.1. The van der Waals surface area contributed by atoms with E-state index >= 15 is 0 Å². The van der Waals surface area contributed by atoms with Crippen molar-refractivity contribution in [1.82, 2.24) is 49.3 Å². The molecule has 1 amide bonds. The molecule has 0 saturated carbocycles. The smallest absolute Gasteiger partial charge is 0.410 e. The molecule has 0 spiro atoms. The first-order valence-electron chi connectivity index (χ1n) is 24.9. The maximum absolute atomic E-state index is 13.7. The maximum Gasteiger partial charge on any atom is 0.410 e. The number of aromatic nitrogens is 8. The van der Waals surface area contributed by atoms with Crippen LogP contribution in [0.4, 0.5) is 36.8 Å². The lowest BCUT2D eigenvalue weighted by atomic mass is 10.0. The van der Waals surface area contributed by atoms with Crippen molar-refractivity contribution in [3.05, 3.63) is 156 Å². The van der Waals surface area contributed by atoms with Crippen molar-refractivity contribution < 1.29 is 18.3 Å². The molecular weight excluding hydrogens is 923 g/mol. The van der Waals surface area contributed by atoms with Crippen molar-refractivity contribution in [2.75, 3.05) is 36.8 Å². The van der Waals surface area contributed by atoms with E-state index in [9.17, 15) is 13.6 Å². The summed E-state index contributed by atoms with van der Waals surface area (Å²) >= 11 is 0. The third kappa shape index (κ3) is 12.1. The van der Waals surface area contributed by atoms with Gasteiger partial charge >= 0.3 is 6.09 Å². The van der Waals surface area contributed by atoms with Gasteiger partial charge in [0.05, 0.1) is 46.8 Å². The zero-order valence-electron chi connectivity index (χ0n) is 42.5. The fourth-order valence-electron chi connectivity index (χ4n) is 9.16. The highest BCUT2D eigenvalue weighted by Crippen LogP contribution is 2.38. The molecule has 0 unspecified atom stereocenters. The van der Waals surface area contributed by atoms with Crippen molar-refractivity contribution >= 4 is 29.4 Å². The van der Waals surface area contributed by atoms with Crippen LogP contribution in [0, 0.1) is 39.3 Å². The Balaban J connectivity index is 0.000000183. The standard InChI is InChI=1S/C31H35FN6O2.C26H27FN6/c1-20-6-11-24(18-21(20)2)35-29-33-15-12-26(36-29)28-27(22-7-9-23(32)10-8-22)34-19-38(28)25-13-16-37(17-14-25)30(39)40-31(3,4)5;1-17-3-8-21(15-18(17)2)31-26-29-14-11-23(32-26)25-24(19-4-6-20(27)7-5-19)30-16-33(25)22-9-12-28-13-10-22/h6-12,15,18-19,25H,13-14,16-17H2,1-5H3,(H,33,35,36);3-8,11,14-16,22,28H,9-10,12-13H2,1-2H3,(H,29,31,32). The lowest BCUT2D eigenvalue weighted by Gasteiger charge is -2.34. The monoisotopic (exact) mass is 985 g/mol. The molecule has 10 rings (SSSR count). The summed E-state index contributed by atoms with van der Waals surface area (Å²) in [7, 11) is 0. The van der Waals surface area contributed by atoms with Gasteiger partial charge in [0.2, 0.25) is 11.9 Å². The predicted octanol–water partition coefficient (Wildman–Crippen LogP) is 12.5. The first-order chi connectivity index (χ1) is 35.2. The van der Waals surface area contributed by atoms with Gasteiger partial charge in [0, 0.05) is 60.1 Å². The second-order valence-corrected chi connectivity index (χ2v) is 19.8. The van der Waals surface area contributed by atoms with Gasteiger partial charge in [-0.2, -0.15) is 0 Å². The highest BCUT2D eigenvalue weighted by Gasteiger charge is 2.30. The Bertz CT molecular complexity index is 3190. The molecule has 3 N–H and O–H groups in total. The van der Waals surface area contributed by atoms with Crippen LogP contribution in [-0.2, 0) is 4.74 Å². The van der Waals surface area contributed by atoms with Crippen LogP contribution in [0.2, 0.25) is 0 Å². The number of piperidine rings is 2. The molecule has 0 aliphatic carbocycles. The topological polar surface area (TPSA) is 153 Å². The van der Waals surface area contributed by atoms with Crippen LogP contribution in [-0.4, -0.2) is 81.8 Å². The molecule has 2 fully saturated rings. The van der Waals surface area contributed by atoms with Crippen molar-refractivity contribution in [3.63, 3.8) is 0 Å². The fourth-order valence-corrected chi connectivity index (χ4v) is 9.16. The molecule has 376 valence electrons. The van der Waals surface area contributed by atoms with Crippen molar-refractivity contribution in [2.45, 2.75) is 91.8 Å². The lowest BCUT2D eigenvalue weighted by molar-refractivity contribution is 0.0189. The van der Waals surface area contributed by atoms with Crippen molar-refractivity contribution in [3.8, 4) is 45.3 Å². The Kier molecular flexibility index (Phi) is 15.0. The summed E-state index contributed by atoms with van der Waals surface area (Å²) in [5.74, 6) is 0.429. The largest absolute Gasteiger partial charge is 0.444 e. The summed E-state index contributed by atoms with van der Waals surface area (Å²) in [5, 5.41) is 10.1. The Morgan fingerprint density at radius 1 is 0.589 bits per heavy atom. The van der Waals surface area contributed by atoms with Crippen LogP contribution >= 0.6 is 0 Å². The van der Waals surface area contributed by atoms with Crippen LogP contribution in [0.15, 0.2) is 122 Å². The summed E-state index contributed by atoms with van der Waals surface area (Å²) < 4.78 is 37.2. The van der Waals surface area contributed by atoms with Gasteiger partial charge in [-0.25, -0.2) is 43.5 Å². The zero-order valence-corrected chi connectivity index (χ0v) is 42.5. The number of rotatable bonds is 10. The molecule has 14 nitrogen and oxygen atoms in total. The van der Waals surface area contributed by atoms with E-state index in [0.717, 1.165) is 84.1 Å². The Hall–Kier alpha value is -7.85. The lowest BCUT2D eigenvalue weighted by Crippen LogP contribution is -2.42. The van der Waals surface area contributed by atoms with Crippen LogP contribution in [0.1, 0.15) is 80.8 Å². The van der Waals surface area contributed by atoms with E-state index in [1.165, 1.54) is 46.5 Å². The number of carbonyl (C=O) groups is 1. The molecule has 2 aliphatic rings. The van der Waals surface area contributed by atoms with E-state index in [4.69, 9.17) is 24.7 Å². The minimum absolute atomic E-state index is 0.0986. The minimum Gasteiger partial charge on any atom is -0.444 e. The van der Waals surface area contributed by atoms with E-state index in [-0.39, 0.29) is 23.8 Å². The third-order valence-electron chi connectivity index (χ3n) is 13.4. The van der Waals surface area contributed by atoms with Gasteiger partial charge in [0.15, 0.2) is 0 Å². The first-order valence-corrected chi connectivity index (χ1v) is 24.9. The van der Waals surface area contributed by atoms with E-state index < -0.39 is 5.60 Å². The summed E-state index contributed by atoms with van der Waals surface area (Å²) in [6, 6.07) is 29.3. The van der Waals surface area contributed by atoms with Crippen molar-refractivity contribution in [1.29, 1.82) is 0 Å². The molecule has 4 aromatic carbocycles. The average Bonchev–Trinajstić information content (AvgIpc) is 4.04. The number of halogens is 2. The third-order valence-corrected chi connectivity index (χ3v) is 13.4. The second-order valence-electron chi connectivity index (χ2n) is 19.8. The summed E-state index contributed by atoms with van der Waals surface area (Å²) in [5.41, 5.74) is 12.6. The number of nitrogens with one attached hydrogen (secondary N) is 3. The van der Waals surface area contributed by atoms with E-state index in [0.29, 0.717) is 42.4 Å². The molecule has 0 radical (unpaired) electrons. The average molecular weight is 985 g/mol. The van der Waals surface area contributed by atoms with Crippen LogP contribution < -0.4 is 16.0 Å². The fraction of sp³-hybridized carbons (Fsp3) is 0.316. The van der Waals surface area contributed by atoms with Gasteiger partial charge in [-0.05, 0) is 194 Å². The summed E-state index contributed by atoms with van der Waals surface area (Å²) in [4.78, 5) is 42.5. The van der Waals surface area contributed by atoms with Crippen LogP contribution in [0.25, 0.3) is 45.3 Å². The number of nitrogens with zero attached hydrogens (tertiary/aromatic N) is 9. The molecular formula is C57H62F2N12O2. The summed E-state index contributed by atoms with van der Waals surface area (Å²) in [6.07, 6.45) is 10.4. The zero-order chi connectivity index (χ0) is 51.2. The number of amides is 1. The number of likely N-dealkylation sites (tertiary alicyclic amines) is 1. The molecule has 4 aromatic heterocycles. The number of benzene rings is 4. The van der Waals surface area contributed by atoms with Crippen LogP contribution in [0.5, 0.6) is 0 Å². The van der Waals surface area contributed by atoms with Gasteiger partial charge in [-0.3, -0.25) is 0 Å². The molecule has 8 aromatic rings. The van der Waals surface area contributed by atoms with E-state index in [2.05, 4.69) is 87.0 Å². The van der Waals surface area contributed by atoms with E-state index in [1.807, 2.05) is 57.7 Å². The summed E-state index contributed by atoms with van der Waals surface area (Å²) in [6.45, 7) is 17.0. The Morgan fingerprint density at radius 2 is 1.03 bits per heavy atom. The molecule has 0 bridgehead atoms. The number of aryl methyl sites for hydroxylation is 4. The number of hydrogen-bond acceptors (Lipinski definition) is 11. The normalized spacial score (nSPS) is 14.3. The van der Waals surface area contributed by atoms with Crippen LogP contribution in [0.3, 0.4) is 0 Å². The predicted molar refractivity (Wildman–Crippen MR) is 283 cm³/mol. The number of anilines is 4. The van der Waals surface area contributed by atoms with E-state index in [1.54, 1.807) is 41.6 Å². The quantitative estimate of drug-likeness (QED) is 0.120. The molecule has 0 atom stereocenters. The van der Waals surface area contributed by atoms with Gasteiger partial charge in [-0.1, -0.05) is 12.1 Å². The molecule has 73 heavy (non-hydrogen) atoms. The number of carbonyl (C=O) groups excluding carboxylic acids is 1. The molecule has 2 aliphatic heterocycles. The van der Waals surface area contributed by atoms with Gasteiger partial charge in [-0.15, -0.1) is 0 Å². The SMILES string of the molecule is Cc1ccc(Nc2nccc(-c3c(-c4ccc(F)cc4)ncn3C3CCN(C(=O)OC(C)(C)C)CC3)n2)cc1C.Cc1ccc(Nc2nccc(-c3c(-c4ccc(F)cc4)ncn3C3CCNCC3)n2)cc1C. The van der Waals surface area contributed by atoms with Gasteiger partial charge in [0.25, 0.3) is 0 Å². The number of hydrogen-bond donors (Lipinski definition) is 3. The molecule has 2 saturated heterocycles. The Labute approximate surface area is 425 Å². The maximum atomic E-state index is 13.7. The Morgan fingerprint density at radius 3 is 1.45 bits per heavy atom. The highest BCUT2D eigenvalue weighted by atomic mass is 19.1. The second kappa shape index (κ2) is 21.9. The minimum atomic E-state index is -0.536.